The average Bonchev–Trinajstić information content (AvgIpc) is 1.55. The maximum Gasteiger partial charge on any atom is 0.407 e. The first-order chi connectivity index (χ1) is 64.0. The van der Waals surface area contributed by atoms with Crippen LogP contribution in [0.2, 0.25) is 0 Å². The molecule has 1 N–H and O–H groups in total. The van der Waals surface area contributed by atoms with Crippen molar-refractivity contribution in [3.8, 4) is 563 Å². The van der Waals surface area contributed by atoms with Gasteiger partial charge in [0.15, 0.2) is 16.9 Å². The Balaban J connectivity index is 0.00000108. The van der Waals surface area contributed by atoms with Crippen molar-refractivity contribution in [1.82, 2.24) is 0 Å². The fraction of sp³-hybridized carbons (Fsp3) is 0.0504. The molecule has 7 nitrogen and oxygen atoms in total. The number of carboxylic acid groups (broad SMARTS) is 1. The van der Waals surface area contributed by atoms with E-state index in [1.54, 1.807) is 42.2 Å². The summed E-state index contributed by atoms with van der Waals surface area (Å²) in [6, 6.07) is 11.5. The Morgan fingerprint density at radius 3 is 0.723 bits per heavy atom. The van der Waals surface area contributed by atoms with Gasteiger partial charge in [0.2, 0.25) is 0 Å². The third-order valence-electron chi connectivity index (χ3n) is 11.8. The number of amides is 1. The van der Waals surface area contributed by atoms with Crippen LogP contribution in [0.4, 0.5) is 30.2 Å². The molecule has 1 spiro atoms. The smallest absolute Gasteiger partial charge is 0.407 e. The molecule has 2 aliphatic rings. The van der Waals surface area contributed by atoms with Crippen LogP contribution in [0, 0.1) is 574 Å². The van der Waals surface area contributed by atoms with Crippen molar-refractivity contribution in [2.75, 3.05) is 9.80 Å². The third-order valence-corrected chi connectivity index (χ3v) is 12.1. The second-order valence-corrected chi connectivity index (χ2v) is 20.1. The average molecular weight is 1640 g/mol. The number of carboxylic acids is 1. The number of thiocarbonyl (C=S) groups is 1. The van der Waals surface area contributed by atoms with Crippen molar-refractivity contribution < 1.29 is 27.9 Å². The fourth-order valence-corrected chi connectivity index (χ4v) is 7.50. The number of halogens is 3. The number of carbonyl (C=O) groups is 2. The Morgan fingerprint density at radius 1 is 0.354 bits per heavy atom. The van der Waals surface area contributed by atoms with E-state index in [0.29, 0.717) is 24.1 Å². The van der Waals surface area contributed by atoms with Crippen molar-refractivity contribution >= 4 is 52.3 Å². The zero-order valence-electron chi connectivity index (χ0n) is 65.9. The molecule has 4 rings (SSSR count). The highest BCUT2D eigenvalue weighted by atomic mass is 32.1. The highest BCUT2D eigenvalue weighted by Crippen LogP contribution is 2.49. The molecule has 0 aromatic heterocycles. The zero-order valence-corrected chi connectivity index (χ0v) is 66.7. The molecule has 1 saturated heterocycles. The van der Waals surface area contributed by atoms with Crippen LogP contribution in [-0.4, -0.2) is 27.6 Å². The molecule has 2 fully saturated rings. The minimum absolute atomic E-state index is 0.0421. The van der Waals surface area contributed by atoms with E-state index < -0.39 is 34.8 Å². The van der Waals surface area contributed by atoms with E-state index in [2.05, 4.69) is 561 Å². The molecule has 2 aromatic rings. The first-order valence-corrected chi connectivity index (χ1v) is 34.5. The third kappa shape index (κ3) is 51.0. The number of hydrogen-bond acceptors (Lipinski definition) is 4. The van der Waals surface area contributed by atoms with Crippen molar-refractivity contribution in [3.05, 3.63) is 71.1 Å². The Hall–Kier alpha value is -24.9. The maximum atomic E-state index is 13.5. The van der Waals surface area contributed by atoms with E-state index in [1.165, 1.54) is 12.1 Å². The molecular formula is C119H19F3N4O3S. The van der Waals surface area contributed by atoms with Gasteiger partial charge in [0.25, 0.3) is 5.91 Å². The summed E-state index contributed by atoms with van der Waals surface area (Å²) >= 11 is 5.57. The van der Waals surface area contributed by atoms with E-state index in [4.69, 9.17) is 29.2 Å². The summed E-state index contributed by atoms with van der Waals surface area (Å²) in [4.78, 5) is 29.9. The number of nitriles is 1. The number of hydrogen-bond donors (Lipinski definition) is 1. The van der Waals surface area contributed by atoms with Gasteiger partial charge in [-0.25, -0.2) is 9.64 Å². The van der Waals surface area contributed by atoms with Crippen LogP contribution in [0.1, 0.15) is 37.3 Å². The number of alkyl halides is 3. The van der Waals surface area contributed by atoms with Crippen LogP contribution in [0.25, 0.3) is 10.9 Å². The van der Waals surface area contributed by atoms with Crippen LogP contribution in [0.15, 0.2) is 48.5 Å². The lowest BCUT2D eigenvalue weighted by atomic mass is 9.75. The Labute approximate surface area is 761 Å². The molecular weight excluding hydrogens is 1620 g/mol. The molecule has 0 atom stereocenters. The van der Waals surface area contributed by atoms with Gasteiger partial charge in [0.05, 0.1) is 12.1 Å². The largest absolute Gasteiger partial charge is 0.478 e. The van der Waals surface area contributed by atoms with E-state index in [-0.39, 0.29) is 10.8 Å². The number of rotatable bonds is 4. The molecule has 1 heterocycles. The van der Waals surface area contributed by atoms with E-state index >= 15 is 0 Å². The van der Waals surface area contributed by atoms with Gasteiger partial charge in [-0.05, 0) is 122 Å². The van der Waals surface area contributed by atoms with Crippen LogP contribution < -0.4 is 9.80 Å². The summed E-state index contributed by atoms with van der Waals surface area (Å²) in [5.41, 5.74) is -1.49. The summed E-state index contributed by atoms with van der Waals surface area (Å²) in [5, 5.41) is 17.0. The lowest BCUT2D eigenvalue weighted by Gasteiger charge is -2.43. The fourth-order valence-electron chi connectivity index (χ4n) is 7.03. The second kappa shape index (κ2) is 70.7. The summed E-state index contributed by atoms with van der Waals surface area (Å²) in [6.07, 6.45) is -0.581. The van der Waals surface area contributed by atoms with Crippen molar-refractivity contribution in [2.45, 2.75) is 37.9 Å². The highest BCUT2D eigenvalue weighted by molar-refractivity contribution is 7.81. The van der Waals surface area contributed by atoms with Crippen LogP contribution >= 0.6 is 12.2 Å². The van der Waals surface area contributed by atoms with Gasteiger partial charge >= 0.3 is 12.1 Å². The topological polar surface area (TPSA) is 89.0 Å². The van der Waals surface area contributed by atoms with Crippen molar-refractivity contribution in [2.24, 2.45) is 0 Å². The lowest BCUT2D eigenvalue weighted by molar-refractivity contribution is -0.137. The molecule has 1 saturated carbocycles. The molecule has 11 heteroatoms. The molecule has 2 aromatic carbocycles. The van der Waals surface area contributed by atoms with Gasteiger partial charge in [-0.3, -0.25) is 9.69 Å². The van der Waals surface area contributed by atoms with Crippen LogP contribution in [0.5, 0.6) is 0 Å². The molecule has 1 aliphatic heterocycles. The zero-order chi connectivity index (χ0) is 93.1. The number of carbonyl (C=O) groups excluding carboxylic acids is 1. The highest BCUT2D eigenvalue weighted by Gasteiger charge is 2.59. The quantitative estimate of drug-likeness (QED) is 0.173. The minimum atomic E-state index is -4.76. The molecule has 0 radical (unpaired) electrons. The van der Waals surface area contributed by atoms with Gasteiger partial charge in [0.1, 0.15) is 5.54 Å². The molecule has 560 valence electrons. The normalized spacial score (nSPS) is 7.40. The van der Waals surface area contributed by atoms with E-state index in [1.807, 2.05) is 0 Å². The molecule has 1 amide bonds. The van der Waals surface area contributed by atoms with Gasteiger partial charge < -0.3 is 10.0 Å². The number of anilines is 2. The summed E-state index contributed by atoms with van der Waals surface area (Å²) in [6.45, 7) is 8.70. The predicted octanol–water partition coefficient (Wildman–Crippen LogP) is 6.10. The SMILES string of the molecule is CC#CC#CC#CC#CC#CC#CC#CC#CC#CC#CC#CC#CC#CC#CC#CC#CC#CC#CC#CC#CC#CC#CC#CC#CC#CC#CC#CC#CC#CC#CC#CC#CC#CC#CC#CC#CC#CC#CC#CC#CC#CC#CC#CC#CC#CC#CC#CC#N.[C-]#[N+]c1ccc(N2C(=O)C3(CCC3)N(c3ccc(/C=C/C(=O)O)cc3)C2=S)cc1C(F)(F)F. The second-order valence-electron chi connectivity index (χ2n) is 19.7. The van der Waals surface area contributed by atoms with Gasteiger partial charge in [-0.15, -0.1) is 0 Å². The Morgan fingerprint density at radius 2 is 0.554 bits per heavy atom. The first-order valence-electron chi connectivity index (χ1n) is 34.1. The van der Waals surface area contributed by atoms with Crippen molar-refractivity contribution in [3.63, 3.8) is 0 Å². The monoisotopic (exact) mass is 1640 g/mol. The number of benzene rings is 2. The van der Waals surface area contributed by atoms with Gasteiger partial charge in [0, 0.05) is 521 Å². The Kier molecular flexibility index (Phi) is 54.0. The summed E-state index contributed by atoms with van der Waals surface area (Å²) < 4.78 is 40.5. The molecule has 0 unspecified atom stereocenters. The number of aliphatic carboxylic acids is 1. The van der Waals surface area contributed by atoms with E-state index in [0.717, 1.165) is 29.5 Å². The molecule has 1 aliphatic carbocycles. The predicted molar refractivity (Wildman–Crippen MR) is 497 cm³/mol. The molecule has 0 bridgehead atoms. The van der Waals surface area contributed by atoms with E-state index in [9.17, 15) is 22.8 Å². The van der Waals surface area contributed by atoms with Crippen LogP contribution in [0.3, 0.4) is 0 Å². The number of nitrogens with zero attached hydrogens (tertiary/aromatic N) is 4. The van der Waals surface area contributed by atoms with Gasteiger partial charge in [-0.1, -0.05) is 24.1 Å². The standard InChI is InChI=1S/C96H3N.C23H16F3N3O3S/c1-2-3-4-5-6-7-8-9-10-11-12-13-14-15-16-17-18-19-20-21-22-23-24-25-26-27-28-29-30-31-32-33-34-35-36-37-38-39-40-41-42-43-44-45-46-47-48-49-50-51-52-53-54-55-56-57-58-59-60-61-62-63-64-65-66-67-68-69-70-71-72-73-74-75-76-77-78-79-80-81-82-83-84-85-86-87-88-89-90-91-92-93-94-95-96-97;1-27-18-9-8-16(13-17(18)23(24,25)26)28-20(32)22(11-2-12-22)29(21(28)33)15-6-3-14(4-7-15)5-10-19(30)31/h1H3;3-10,13H,2,11-12H2,(H,30,31)/b;10-5+. The summed E-state index contributed by atoms with van der Waals surface area (Å²) in [7, 11) is 0. The summed E-state index contributed by atoms with van der Waals surface area (Å²) in [5.74, 6) is 232. The first kappa shape index (κ1) is 99.3. The van der Waals surface area contributed by atoms with Gasteiger partial charge in [-0.2, -0.15) is 18.4 Å². The lowest BCUT2D eigenvalue weighted by Crippen LogP contribution is -2.55. The Bertz CT molecular complexity index is 8800. The van der Waals surface area contributed by atoms with Crippen LogP contribution in [-0.2, 0) is 15.8 Å². The molecule has 130 heavy (non-hydrogen) atoms. The minimum Gasteiger partial charge on any atom is -0.478 e. The maximum absolute atomic E-state index is 13.5. The van der Waals surface area contributed by atoms with Crippen molar-refractivity contribution in [1.29, 1.82) is 5.26 Å².